The van der Waals surface area contributed by atoms with Gasteiger partial charge in [-0.25, -0.2) is 0 Å². The maximum Gasteiger partial charge on any atom is 0.0919 e. The van der Waals surface area contributed by atoms with Gasteiger partial charge in [0.05, 0.1) is 10.4 Å². The molecule has 0 aromatic carbocycles. The SMILES string of the molecule is CN1C(=S)C2CCSC2=CC1S. The Bertz CT molecular complexity index is 249. The summed E-state index contributed by atoms with van der Waals surface area (Å²) in [7, 11) is 2.02. The van der Waals surface area contributed by atoms with Crippen LogP contribution in [-0.4, -0.2) is 28.1 Å². The smallest absolute Gasteiger partial charge is 0.0919 e. The monoisotopic (exact) mass is 217 g/mol. The zero-order valence-electron chi connectivity index (χ0n) is 6.86. The van der Waals surface area contributed by atoms with Gasteiger partial charge in [0.15, 0.2) is 0 Å². The number of thiol groups is 1. The van der Waals surface area contributed by atoms with Gasteiger partial charge in [0, 0.05) is 13.0 Å². The fourth-order valence-electron chi connectivity index (χ4n) is 1.58. The third-order valence-electron chi connectivity index (χ3n) is 2.37. The van der Waals surface area contributed by atoms with E-state index >= 15 is 0 Å². The van der Waals surface area contributed by atoms with Crippen LogP contribution in [0.2, 0.25) is 0 Å². The van der Waals surface area contributed by atoms with Gasteiger partial charge in [0.25, 0.3) is 0 Å². The van der Waals surface area contributed by atoms with E-state index in [1.807, 2.05) is 18.8 Å². The molecule has 0 saturated carbocycles. The quantitative estimate of drug-likeness (QED) is 0.489. The van der Waals surface area contributed by atoms with Crippen LogP contribution in [0.15, 0.2) is 11.0 Å². The number of nitrogens with zero attached hydrogens (tertiary/aromatic N) is 1. The minimum atomic E-state index is 0.189. The maximum atomic E-state index is 5.37. The fraction of sp³-hybridized carbons (Fsp3) is 0.625. The second-order valence-corrected chi connectivity index (χ2v) is 5.24. The number of likely N-dealkylation sites (N-methyl/N-ethyl adjacent to an activating group) is 1. The lowest BCUT2D eigenvalue weighted by Crippen LogP contribution is -2.39. The molecule has 2 atom stereocenters. The molecule has 0 spiro atoms. The van der Waals surface area contributed by atoms with Crippen LogP contribution in [0.5, 0.6) is 0 Å². The Morgan fingerprint density at radius 2 is 2.50 bits per heavy atom. The Morgan fingerprint density at radius 3 is 3.25 bits per heavy atom. The van der Waals surface area contributed by atoms with Gasteiger partial charge >= 0.3 is 0 Å². The van der Waals surface area contributed by atoms with Gasteiger partial charge in [0.1, 0.15) is 0 Å². The van der Waals surface area contributed by atoms with E-state index < -0.39 is 0 Å². The second-order valence-electron chi connectivity index (χ2n) is 3.12. The van der Waals surface area contributed by atoms with E-state index in [1.54, 1.807) is 0 Å². The molecular weight excluding hydrogens is 206 g/mol. The van der Waals surface area contributed by atoms with Crippen LogP contribution in [0.25, 0.3) is 0 Å². The zero-order valence-corrected chi connectivity index (χ0v) is 9.38. The van der Waals surface area contributed by atoms with Crippen LogP contribution >= 0.6 is 36.6 Å². The number of thioether (sulfide) groups is 1. The normalized spacial score (nSPS) is 35.0. The highest BCUT2D eigenvalue weighted by Gasteiger charge is 2.33. The number of fused-ring (bicyclic) bond motifs is 1. The van der Waals surface area contributed by atoms with Crippen LogP contribution in [0.1, 0.15) is 6.42 Å². The summed E-state index contributed by atoms with van der Waals surface area (Å²) in [5.74, 6) is 1.74. The van der Waals surface area contributed by atoms with E-state index in [9.17, 15) is 0 Å². The molecule has 2 unspecified atom stereocenters. The first-order chi connectivity index (χ1) is 5.70. The van der Waals surface area contributed by atoms with Crippen LogP contribution < -0.4 is 0 Å². The summed E-state index contributed by atoms with van der Waals surface area (Å²) >= 11 is 11.7. The molecule has 12 heavy (non-hydrogen) atoms. The summed E-state index contributed by atoms with van der Waals surface area (Å²) in [5.41, 5.74) is 0. The Kier molecular flexibility index (Phi) is 2.40. The highest BCUT2D eigenvalue weighted by Crippen LogP contribution is 2.41. The Balaban J connectivity index is 2.32. The van der Waals surface area contributed by atoms with E-state index in [0.717, 1.165) is 4.99 Å². The molecule has 1 saturated heterocycles. The van der Waals surface area contributed by atoms with Crippen molar-refractivity contribution < 1.29 is 0 Å². The molecule has 4 heteroatoms. The first-order valence-corrected chi connectivity index (χ1v) is 5.90. The summed E-state index contributed by atoms with van der Waals surface area (Å²) in [6, 6.07) is 0. The lowest BCUT2D eigenvalue weighted by atomic mass is 10.0. The third kappa shape index (κ3) is 1.30. The Labute approximate surface area is 88.0 Å². The molecule has 66 valence electrons. The second kappa shape index (κ2) is 3.24. The van der Waals surface area contributed by atoms with Crippen molar-refractivity contribution in [3.05, 3.63) is 11.0 Å². The molecule has 0 radical (unpaired) electrons. The summed E-state index contributed by atoms with van der Waals surface area (Å²) in [6.45, 7) is 0. The van der Waals surface area contributed by atoms with Crippen molar-refractivity contribution in [3.8, 4) is 0 Å². The van der Waals surface area contributed by atoms with Gasteiger partial charge in [-0.05, 0) is 23.2 Å². The highest BCUT2D eigenvalue weighted by atomic mass is 32.2. The average Bonchev–Trinajstić information content (AvgIpc) is 2.48. The van der Waals surface area contributed by atoms with Crippen LogP contribution in [0.3, 0.4) is 0 Å². The Hall–Kier alpha value is 0.330. The van der Waals surface area contributed by atoms with Crippen molar-refractivity contribution in [1.82, 2.24) is 4.90 Å². The topological polar surface area (TPSA) is 3.24 Å². The van der Waals surface area contributed by atoms with Crippen molar-refractivity contribution >= 4 is 41.6 Å². The summed E-state index contributed by atoms with van der Waals surface area (Å²) in [6.07, 6.45) is 3.43. The minimum absolute atomic E-state index is 0.189. The fourth-order valence-corrected chi connectivity index (χ4v) is 3.72. The summed E-state index contributed by atoms with van der Waals surface area (Å²) in [5, 5.41) is 0.189. The van der Waals surface area contributed by atoms with Crippen molar-refractivity contribution in [2.24, 2.45) is 5.92 Å². The molecule has 0 aromatic rings. The molecule has 0 aromatic heterocycles. The predicted molar refractivity (Wildman–Crippen MR) is 61.8 cm³/mol. The van der Waals surface area contributed by atoms with Gasteiger partial charge < -0.3 is 4.90 Å². The molecule has 2 aliphatic heterocycles. The number of hydrogen-bond donors (Lipinski definition) is 1. The molecule has 0 N–H and O–H groups in total. The van der Waals surface area contributed by atoms with Gasteiger partial charge in [-0.1, -0.05) is 12.2 Å². The van der Waals surface area contributed by atoms with Gasteiger partial charge in [0.2, 0.25) is 0 Å². The molecule has 1 fully saturated rings. The summed E-state index contributed by atoms with van der Waals surface area (Å²) < 4.78 is 0. The van der Waals surface area contributed by atoms with Gasteiger partial charge in [-0.15, -0.1) is 11.8 Å². The van der Waals surface area contributed by atoms with Crippen LogP contribution in [0.4, 0.5) is 0 Å². The minimum Gasteiger partial charge on any atom is -0.353 e. The summed E-state index contributed by atoms with van der Waals surface area (Å²) in [4.78, 5) is 4.59. The van der Waals surface area contributed by atoms with Crippen molar-refractivity contribution in [2.45, 2.75) is 11.8 Å². The number of hydrogen-bond acceptors (Lipinski definition) is 3. The molecule has 0 aliphatic carbocycles. The standard InChI is InChI=1S/C8H11NS3/c1-9-7(10)4-6-5(8(9)11)2-3-12-6/h4-5,7,10H,2-3H2,1H3. The molecule has 0 bridgehead atoms. The van der Waals surface area contributed by atoms with E-state index in [1.165, 1.54) is 17.1 Å². The van der Waals surface area contributed by atoms with E-state index in [-0.39, 0.29) is 5.37 Å². The van der Waals surface area contributed by atoms with E-state index in [4.69, 9.17) is 12.2 Å². The molecule has 2 heterocycles. The van der Waals surface area contributed by atoms with E-state index in [0.29, 0.717) is 5.92 Å². The number of rotatable bonds is 0. The zero-order chi connectivity index (χ0) is 8.72. The largest absolute Gasteiger partial charge is 0.353 e. The molecule has 2 aliphatic rings. The Morgan fingerprint density at radius 1 is 1.75 bits per heavy atom. The first-order valence-electron chi connectivity index (χ1n) is 3.99. The van der Waals surface area contributed by atoms with E-state index in [2.05, 4.69) is 23.6 Å². The lowest BCUT2D eigenvalue weighted by molar-refractivity contribution is 0.495. The van der Waals surface area contributed by atoms with Crippen molar-refractivity contribution in [1.29, 1.82) is 0 Å². The van der Waals surface area contributed by atoms with Crippen LogP contribution in [0, 0.1) is 5.92 Å². The molecule has 2 rings (SSSR count). The number of thiocarbonyl (C=S) groups is 1. The molecule has 1 nitrogen and oxygen atoms in total. The average molecular weight is 217 g/mol. The predicted octanol–water partition coefficient (Wildman–Crippen LogP) is 2.15. The molecule has 0 amide bonds. The van der Waals surface area contributed by atoms with Gasteiger partial charge in [-0.2, -0.15) is 12.6 Å². The van der Waals surface area contributed by atoms with Crippen molar-refractivity contribution in [2.75, 3.05) is 12.8 Å². The van der Waals surface area contributed by atoms with Gasteiger partial charge in [-0.3, -0.25) is 0 Å². The molecular formula is C8H11NS3. The first kappa shape index (κ1) is 8.91. The highest BCUT2D eigenvalue weighted by molar-refractivity contribution is 8.03. The third-order valence-corrected chi connectivity index (χ3v) is 4.64. The van der Waals surface area contributed by atoms with Crippen LogP contribution in [-0.2, 0) is 0 Å². The lowest BCUT2D eigenvalue weighted by Gasteiger charge is -2.33. The van der Waals surface area contributed by atoms with Crippen molar-refractivity contribution in [3.63, 3.8) is 0 Å². The maximum absolute atomic E-state index is 5.37.